The van der Waals surface area contributed by atoms with Crippen LogP contribution in [0.15, 0.2) is 12.3 Å². The van der Waals surface area contributed by atoms with Crippen molar-refractivity contribution in [3.05, 3.63) is 28.5 Å². The van der Waals surface area contributed by atoms with E-state index in [9.17, 15) is 4.79 Å². The van der Waals surface area contributed by atoms with Gasteiger partial charge in [-0.25, -0.2) is 9.78 Å². The summed E-state index contributed by atoms with van der Waals surface area (Å²) in [6.45, 7) is 1.95. The predicted octanol–water partition coefficient (Wildman–Crippen LogP) is 2.00. The Morgan fingerprint density at radius 2 is 2.42 bits per heavy atom. The van der Waals surface area contributed by atoms with E-state index in [1.165, 1.54) is 6.20 Å². The molecule has 3 nitrogen and oxygen atoms in total. The number of carbonyl (C=O) groups is 1. The molecule has 0 saturated heterocycles. The van der Waals surface area contributed by atoms with Gasteiger partial charge < -0.3 is 5.11 Å². The summed E-state index contributed by atoms with van der Waals surface area (Å²) in [5, 5.41) is 8.78. The van der Waals surface area contributed by atoms with E-state index in [1.807, 2.05) is 6.92 Å². The maximum absolute atomic E-state index is 10.5. The van der Waals surface area contributed by atoms with Crippen LogP contribution in [0.25, 0.3) is 0 Å². The molecule has 0 unspecified atom stereocenters. The summed E-state index contributed by atoms with van der Waals surface area (Å²) in [6.07, 6.45) is 2.32. The first-order chi connectivity index (χ1) is 5.65. The first-order valence-electron chi connectivity index (χ1n) is 3.53. The standard InChI is InChI=1S/C8H8ClNO2/c1-2-5-3-6(9)7(8(11)12)10-4-5/h3-4H,2H2,1H3,(H,11,12). The molecule has 1 aromatic heterocycles. The molecule has 1 heterocycles. The van der Waals surface area contributed by atoms with Gasteiger partial charge in [-0.1, -0.05) is 18.5 Å². The SMILES string of the molecule is CCc1cnc(C(=O)O)c(Cl)c1. The number of carboxylic acid groups (broad SMARTS) is 1. The van der Waals surface area contributed by atoms with Crippen molar-refractivity contribution in [2.45, 2.75) is 13.3 Å². The molecule has 12 heavy (non-hydrogen) atoms. The first kappa shape index (κ1) is 9.00. The van der Waals surface area contributed by atoms with Crippen LogP contribution in [0.5, 0.6) is 0 Å². The van der Waals surface area contributed by atoms with Crippen molar-refractivity contribution >= 4 is 17.6 Å². The third-order valence-electron chi connectivity index (χ3n) is 1.51. The van der Waals surface area contributed by atoms with Crippen LogP contribution in [-0.2, 0) is 6.42 Å². The van der Waals surface area contributed by atoms with E-state index in [2.05, 4.69) is 4.98 Å². The predicted molar refractivity (Wildman–Crippen MR) is 45.6 cm³/mol. The molecule has 0 radical (unpaired) electrons. The van der Waals surface area contributed by atoms with E-state index in [0.717, 1.165) is 12.0 Å². The molecule has 0 atom stereocenters. The molecular formula is C8H8ClNO2. The Balaban J connectivity index is 3.12. The Hall–Kier alpha value is -1.09. The van der Waals surface area contributed by atoms with Crippen LogP contribution in [0, 0.1) is 0 Å². The highest BCUT2D eigenvalue weighted by molar-refractivity contribution is 6.33. The van der Waals surface area contributed by atoms with Crippen LogP contribution in [0.4, 0.5) is 0 Å². The molecule has 0 spiro atoms. The Kier molecular flexibility index (Phi) is 2.65. The smallest absolute Gasteiger partial charge is 0.356 e. The summed E-state index contributed by atoms with van der Waals surface area (Å²) in [4.78, 5) is 14.2. The van der Waals surface area contributed by atoms with E-state index < -0.39 is 5.97 Å². The second-order valence-electron chi connectivity index (χ2n) is 2.33. The van der Waals surface area contributed by atoms with Crippen LogP contribution >= 0.6 is 11.6 Å². The number of nitrogens with zero attached hydrogens (tertiary/aromatic N) is 1. The molecular weight excluding hydrogens is 178 g/mol. The van der Waals surface area contributed by atoms with Gasteiger partial charge in [0.15, 0.2) is 5.69 Å². The van der Waals surface area contributed by atoms with Crippen molar-refractivity contribution in [3.63, 3.8) is 0 Å². The number of hydrogen-bond donors (Lipinski definition) is 1. The molecule has 1 aromatic rings. The fraction of sp³-hybridized carbons (Fsp3) is 0.250. The van der Waals surface area contributed by atoms with Gasteiger partial charge in [-0.3, -0.25) is 0 Å². The van der Waals surface area contributed by atoms with Crippen LogP contribution in [0.3, 0.4) is 0 Å². The number of pyridine rings is 1. The number of hydrogen-bond acceptors (Lipinski definition) is 2. The highest BCUT2D eigenvalue weighted by Crippen LogP contribution is 2.15. The van der Waals surface area contributed by atoms with Crippen LogP contribution < -0.4 is 0 Å². The molecule has 1 N–H and O–H groups in total. The van der Waals surface area contributed by atoms with Crippen molar-refractivity contribution < 1.29 is 9.90 Å². The third-order valence-corrected chi connectivity index (χ3v) is 1.80. The third kappa shape index (κ3) is 1.74. The molecule has 0 amide bonds. The quantitative estimate of drug-likeness (QED) is 0.767. The summed E-state index contributed by atoms with van der Waals surface area (Å²) in [5.41, 5.74) is 0.846. The lowest BCUT2D eigenvalue weighted by molar-refractivity contribution is 0.0690. The van der Waals surface area contributed by atoms with Gasteiger partial charge in [0.25, 0.3) is 0 Å². The molecule has 0 aliphatic carbocycles. The van der Waals surface area contributed by atoms with E-state index in [0.29, 0.717) is 0 Å². The summed E-state index contributed by atoms with van der Waals surface area (Å²) in [6, 6.07) is 1.62. The van der Waals surface area contributed by atoms with Gasteiger partial charge in [-0.15, -0.1) is 0 Å². The van der Waals surface area contributed by atoms with Crippen molar-refractivity contribution in [2.24, 2.45) is 0 Å². The number of aromatic carboxylic acids is 1. The van der Waals surface area contributed by atoms with Gasteiger partial charge in [-0.05, 0) is 18.1 Å². The average Bonchev–Trinajstić information content (AvgIpc) is 2.03. The van der Waals surface area contributed by atoms with Crippen molar-refractivity contribution in [3.8, 4) is 0 Å². The molecule has 0 saturated carbocycles. The summed E-state index contributed by atoms with van der Waals surface area (Å²) in [5.74, 6) is -1.09. The highest BCUT2D eigenvalue weighted by Gasteiger charge is 2.09. The van der Waals surface area contributed by atoms with Crippen molar-refractivity contribution in [1.29, 1.82) is 0 Å². The number of aromatic nitrogens is 1. The number of rotatable bonds is 2. The van der Waals surface area contributed by atoms with E-state index in [-0.39, 0.29) is 10.7 Å². The molecule has 0 bridgehead atoms. The normalized spacial score (nSPS) is 9.83. The molecule has 4 heteroatoms. The van der Waals surface area contributed by atoms with E-state index in [4.69, 9.17) is 16.7 Å². The minimum Gasteiger partial charge on any atom is -0.476 e. The first-order valence-corrected chi connectivity index (χ1v) is 3.90. The highest BCUT2D eigenvalue weighted by atomic mass is 35.5. The lowest BCUT2D eigenvalue weighted by Crippen LogP contribution is -2.01. The van der Waals surface area contributed by atoms with Gasteiger partial charge >= 0.3 is 5.97 Å². The monoisotopic (exact) mass is 185 g/mol. The molecule has 64 valence electrons. The molecule has 0 fully saturated rings. The van der Waals surface area contributed by atoms with Crippen molar-refractivity contribution in [2.75, 3.05) is 0 Å². The maximum atomic E-state index is 10.5. The maximum Gasteiger partial charge on any atom is 0.356 e. The second-order valence-corrected chi connectivity index (χ2v) is 2.74. The lowest BCUT2D eigenvalue weighted by Gasteiger charge is -1.99. The van der Waals surface area contributed by atoms with Crippen LogP contribution in [0.1, 0.15) is 23.0 Å². The van der Waals surface area contributed by atoms with Gasteiger partial charge in [0.1, 0.15) is 0 Å². The topological polar surface area (TPSA) is 50.2 Å². The van der Waals surface area contributed by atoms with Gasteiger partial charge in [-0.2, -0.15) is 0 Å². The molecule has 0 aliphatic rings. The van der Waals surface area contributed by atoms with Crippen LogP contribution in [-0.4, -0.2) is 16.1 Å². The largest absolute Gasteiger partial charge is 0.476 e. The van der Waals surface area contributed by atoms with Crippen molar-refractivity contribution in [1.82, 2.24) is 4.98 Å². The minimum atomic E-state index is -1.09. The van der Waals surface area contributed by atoms with Gasteiger partial charge in [0.05, 0.1) is 5.02 Å². The zero-order valence-corrected chi connectivity index (χ0v) is 7.30. The number of aryl methyl sites for hydroxylation is 1. The van der Waals surface area contributed by atoms with Gasteiger partial charge in [0.2, 0.25) is 0 Å². The summed E-state index contributed by atoms with van der Waals surface area (Å²) in [7, 11) is 0. The van der Waals surface area contributed by atoms with E-state index in [1.54, 1.807) is 6.07 Å². The number of carboxylic acids is 1. The molecule has 1 rings (SSSR count). The molecule has 0 aromatic carbocycles. The Labute approximate surface area is 75.0 Å². The Morgan fingerprint density at radius 1 is 1.75 bits per heavy atom. The Bertz CT molecular complexity index is 312. The fourth-order valence-electron chi connectivity index (χ4n) is 0.828. The zero-order valence-electron chi connectivity index (χ0n) is 6.54. The minimum absolute atomic E-state index is 0.0890. The fourth-order valence-corrected chi connectivity index (χ4v) is 1.10. The second kappa shape index (κ2) is 3.54. The van der Waals surface area contributed by atoms with Gasteiger partial charge in [0, 0.05) is 6.20 Å². The lowest BCUT2D eigenvalue weighted by atomic mass is 10.2. The Morgan fingerprint density at radius 3 is 2.83 bits per heavy atom. The summed E-state index contributed by atoms with van der Waals surface area (Å²) < 4.78 is 0. The molecule has 0 aliphatic heterocycles. The van der Waals surface area contributed by atoms with Crippen LogP contribution in [0.2, 0.25) is 5.02 Å². The summed E-state index contributed by atoms with van der Waals surface area (Å²) >= 11 is 5.66. The van der Waals surface area contributed by atoms with E-state index >= 15 is 0 Å². The number of halogens is 1. The zero-order chi connectivity index (χ0) is 9.14. The average molecular weight is 186 g/mol.